The van der Waals surface area contributed by atoms with Crippen LogP contribution in [0.5, 0.6) is 0 Å². The van der Waals surface area contributed by atoms with E-state index in [-0.39, 0.29) is 48.7 Å². The topological polar surface area (TPSA) is 108 Å². The van der Waals surface area contributed by atoms with Crippen LogP contribution in [0.2, 0.25) is 0 Å². The summed E-state index contributed by atoms with van der Waals surface area (Å²) in [6.07, 6.45) is 0.433. The fourth-order valence-electron chi connectivity index (χ4n) is 3.20. The molecule has 1 aromatic carbocycles. The van der Waals surface area contributed by atoms with Crippen LogP contribution in [0.3, 0.4) is 0 Å². The van der Waals surface area contributed by atoms with Gasteiger partial charge < -0.3 is 25.4 Å². The zero-order chi connectivity index (χ0) is 18.7. The normalized spacial score (nSPS) is 19.8. The lowest BCUT2D eigenvalue weighted by Crippen LogP contribution is -2.31. The molecule has 1 saturated heterocycles. The van der Waals surface area contributed by atoms with E-state index in [1.54, 1.807) is 6.07 Å². The molecule has 2 aliphatic heterocycles. The molecule has 2 aliphatic rings. The molecule has 26 heavy (non-hydrogen) atoms. The quantitative estimate of drug-likeness (QED) is 0.616. The second-order valence-electron chi connectivity index (χ2n) is 6.25. The van der Waals surface area contributed by atoms with Gasteiger partial charge in [-0.1, -0.05) is 12.1 Å². The molecular weight excluding hydrogens is 338 g/mol. The Labute approximate surface area is 150 Å². The molecule has 2 amide bonds. The Balaban J connectivity index is 1.84. The zero-order valence-corrected chi connectivity index (χ0v) is 14.4. The molecule has 138 valence electrons. The van der Waals surface area contributed by atoms with Crippen molar-refractivity contribution in [3.05, 3.63) is 41.1 Å². The Kier molecular flexibility index (Phi) is 5.22. The lowest BCUT2D eigenvalue weighted by Gasteiger charge is -2.15. The zero-order valence-electron chi connectivity index (χ0n) is 14.4. The molecule has 1 aromatic rings. The highest BCUT2D eigenvalue weighted by molar-refractivity contribution is 6.08. The predicted octanol–water partition coefficient (Wildman–Crippen LogP) is -0.0364. The van der Waals surface area contributed by atoms with Gasteiger partial charge in [-0.25, -0.2) is 4.79 Å². The summed E-state index contributed by atoms with van der Waals surface area (Å²) in [7, 11) is 1.26. The highest BCUT2D eigenvalue weighted by Crippen LogP contribution is 2.27. The second-order valence-corrected chi connectivity index (χ2v) is 6.25. The molecule has 0 radical (unpaired) electrons. The first-order valence-electron chi connectivity index (χ1n) is 8.38. The van der Waals surface area contributed by atoms with E-state index in [4.69, 9.17) is 9.84 Å². The number of anilines is 1. The second kappa shape index (κ2) is 7.57. The standard InChI is InChI=1S/C18H21N3O5/c1-26-18(25)14-10-21(5-6-22)17(24)16(14)20-13-4-2-3-11(7-13)12-8-15(23)19-9-12/h2-4,7,12,20,22H,5-6,8-10H2,1H3,(H,19,23). The van der Waals surface area contributed by atoms with Crippen molar-refractivity contribution >= 4 is 23.5 Å². The van der Waals surface area contributed by atoms with Gasteiger partial charge in [-0.15, -0.1) is 0 Å². The fraction of sp³-hybridized carbons (Fsp3) is 0.389. The van der Waals surface area contributed by atoms with E-state index in [1.807, 2.05) is 18.2 Å². The van der Waals surface area contributed by atoms with Gasteiger partial charge in [-0.3, -0.25) is 9.59 Å². The van der Waals surface area contributed by atoms with E-state index < -0.39 is 5.97 Å². The van der Waals surface area contributed by atoms with Crippen LogP contribution in [0.15, 0.2) is 35.5 Å². The summed E-state index contributed by atoms with van der Waals surface area (Å²) >= 11 is 0. The van der Waals surface area contributed by atoms with Crippen LogP contribution in [0, 0.1) is 0 Å². The van der Waals surface area contributed by atoms with Crippen molar-refractivity contribution in [1.29, 1.82) is 0 Å². The van der Waals surface area contributed by atoms with Gasteiger partial charge in [-0.2, -0.15) is 0 Å². The van der Waals surface area contributed by atoms with Crippen LogP contribution >= 0.6 is 0 Å². The molecule has 0 aliphatic carbocycles. The molecule has 1 fully saturated rings. The SMILES string of the molecule is COC(=O)C1=C(Nc2cccc(C3CNC(=O)C3)c2)C(=O)N(CCO)C1. The van der Waals surface area contributed by atoms with Gasteiger partial charge in [0, 0.05) is 31.1 Å². The van der Waals surface area contributed by atoms with Crippen molar-refractivity contribution in [3.63, 3.8) is 0 Å². The smallest absolute Gasteiger partial charge is 0.337 e. The third-order valence-electron chi connectivity index (χ3n) is 4.56. The molecule has 8 heteroatoms. The number of carbonyl (C=O) groups excluding carboxylic acids is 3. The van der Waals surface area contributed by atoms with Crippen LogP contribution in [0.1, 0.15) is 17.9 Å². The largest absolute Gasteiger partial charge is 0.466 e. The van der Waals surface area contributed by atoms with Gasteiger partial charge in [0.15, 0.2) is 0 Å². The summed E-state index contributed by atoms with van der Waals surface area (Å²) in [5, 5.41) is 14.9. The molecule has 1 atom stereocenters. The van der Waals surface area contributed by atoms with Gasteiger partial charge in [0.1, 0.15) is 5.70 Å². The molecule has 0 aromatic heterocycles. The van der Waals surface area contributed by atoms with E-state index >= 15 is 0 Å². The van der Waals surface area contributed by atoms with Crippen LogP contribution in [-0.4, -0.2) is 61.1 Å². The average Bonchev–Trinajstić information content (AvgIpc) is 3.20. The Morgan fingerprint density at radius 3 is 2.88 bits per heavy atom. The molecule has 0 saturated carbocycles. The first kappa shape index (κ1) is 17.9. The maximum absolute atomic E-state index is 12.5. The van der Waals surface area contributed by atoms with E-state index in [1.165, 1.54) is 12.0 Å². The number of aliphatic hydroxyl groups is 1. The molecular formula is C18H21N3O5. The first-order valence-corrected chi connectivity index (χ1v) is 8.38. The third-order valence-corrected chi connectivity index (χ3v) is 4.56. The van der Waals surface area contributed by atoms with Crippen molar-refractivity contribution in [1.82, 2.24) is 10.2 Å². The number of carbonyl (C=O) groups is 3. The lowest BCUT2D eigenvalue weighted by molar-refractivity contribution is -0.136. The molecule has 2 heterocycles. The number of rotatable bonds is 6. The number of nitrogens with one attached hydrogen (secondary N) is 2. The van der Waals surface area contributed by atoms with E-state index in [2.05, 4.69) is 10.6 Å². The Morgan fingerprint density at radius 2 is 2.23 bits per heavy atom. The van der Waals surface area contributed by atoms with Gasteiger partial charge in [0.2, 0.25) is 5.91 Å². The minimum Gasteiger partial charge on any atom is -0.466 e. The minimum absolute atomic E-state index is 0.0228. The van der Waals surface area contributed by atoms with Crippen molar-refractivity contribution in [2.75, 3.05) is 38.7 Å². The van der Waals surface area contributed by atoms with Crippen molar-refractivity contribution in [2.24, 2.45) is 0 Å². The summed E-state index contributed by atoms with van der Waals surface area (Å²) in [6, 6.07) is 7.43. The van der Waals surface area contributed by atoms with Gasteiger partial charge >= 0.3 is 5.97 Å². The number of ether oxygens (including phenoxy) is 1. The van der Waals surface area contributed by atoms with Gasteiger partial charge in [0.25, 0.3) is 5.91 Å². The van der Waals surface area contributed by atoms with Gasteiger partial charge in [0.05, 0.1) is 25.8 Å². The number of hydrogen-bond acceptors (Lipinski definition) is 6. The summed E-state index contributed by atoms with van der Waals surface area (Å²) in [6.45, 7) is 0.628. The Morgan fingerprint density at radius 1 is 1.42 bits per heavy atom. The molecule has 3 rings (SSSR count). The third kappa shape index (κ3) is 3.55. The number of nitrogens with zero attached hydrogens (tertiary/aromatic N) is 1. The van der Waals surface area contributed by atoms with E-state index in [0.29, 0.717) is 18.7 Å². The van der Waals surface area contributed by atoms with Crippen LogP contribution in [0.4, 0.5) is 5.69 Å². The first-order chi connectivity index (χ1) is 12.5. The van der Waals surface area contributed by atoms with Gasteiger partial charge in [-0.05, 0) is 17.7 Å². The van der Waals surface area contributed by atoms with Crippen LogP contribution in [-0.2, 0) is 19.1 Å². The molecule has 0 spiro atoms. The Bertz CT molecular complexity index is 774. The number of benzene rings is 1. The number of esters is 1. The van der Waals surface area contributed by atoms with E-state index in [9.17, 15) is 14.4 Å². The van der Waals surface area contributed by atoms with Crippen molar-refractivity contribution < 1.29 is 24.2 Å². The summed E-state index contributed by atoms with van der Waals surface area (Å²) < 4.78 is 4.77. The maximum Gasteiger partial charge on any atom is 0.337 e. The average molecular weight is 359 g/mol. The number of methoxy groups -OCH3 is 1. The highest BCUT2D eigenvalue weighted by atomic mass is 16.5. The number of aliphatic hydroxyl groups excluding tert-OH is 1. The molecule has 1 unspecified atom stereocenters. The summed E-state index contributed by atoms with van der Waals surface area (Å²) in [5.41, 5.74) is 2.01. The lowest BCUT2D eigenvalue weighted by atomic mass is 9.98. The van der Waals surface area contributed by atoms with Crippen LogP contribution in [0.25, 0.3) is 0 Å². The molecule has 0 bridgehead atoms. The number of β-amino-alcohol motifs (C(OH)–C–C–N with tert-alkyl or cyclic N) is 1. The minimum atomic E-state index is -0.581. The molecule has 8 nitrogen and oxygen atoms in total. The van der Waals surface area contributed by atoms with Crippen molar-refractivity contribution in [2.45, 2.75) is 12.3 Å². The predicted molar refractivity (Wildman–Crippen MR) is 93.1 cm³/mol. The summed E-state index contributed by atoms with van der Waals surface area (Å²) in [5.74, 6) is -0.830. The Hall–Kier alpha value is -2.87. The molecule has 3 N–H and O–H groups in total. The van der Waals surface area contributed by atoms with Crippen LogP contribution < -0.4 is 10.6 Å². The van der Waals surface area contributed by atoms with Crippen molar-refractivity contribution in [3.8, 4) is 0 Å². The number of amides is 2. The maximum atomic E-state index is 12.5. The fourth-order valence-corrected chi connectivity index (χ4v) is 3.20. The number of hydrogen-bond donors (Lipinski definition) is 3. The highest BCUT2D eigenvalue weighted by Gasteiger charge is 2.34. The van der Waals surface area contributed by atoms with E-state index in [0.717, 1.165) is 5.56 Å². The monoisotopic (exact) mass is 359 g/mol. The summed E-state index contributed by atoms with van der Waals surface area (Å²) in [4.78, 5) is 37.4.